The highest BCUT2D eigenvalue weighted by atomic mass is 28.4. The Kier molecular flexibility index (Phi) is 5.09. The van der Waals surface area contributed by atoms with Crippen LogP contribution in [0, 0.1) is 5.82 Å². The molecular weight excluding hydrogens is 279 g/mol. The van der Waals surface area contributed by atoms with Gasteiger partial charge < -0.3 is 9.53 Å². The van der Waals surface area contributed by atoms with Crippen LogP contribution in [0.4, 0.5) is 4.39 Å². The third-order valence-electron chi connectivity index (χ3n) is 3.78. The van der Waals surface area contributed by atoms with Crippen LogP contribution in [0.2, 0.25) is 18.1 Å². The second-order valence-electron chi connectivity index (χ2n) is 6.33. The van der Waals surface area contributed by atoms with Crippen LogP contribution in [-0.2, 0) is 11.0 Å². The van der Waals surface area contributed by atoms with Crippen molar-refractivity contribution in [2.75, 3.05) is 6.61 Å². The number of rotatable bonds is 6. The van der Waals surface area contributed by atoms with Crippen LogP contribution in [0.3, 0.4) is 0 Å². The third kappa shape index (κ3) is 3.89. The van der Waals surface area contributed by atoms with Gasteiger partial charge >= 0.3 is 5.97 Å². The van der Waals surface area contributed by atoms with Gasteiger partial charge in [0.1, 0.15) is 0 Å². The average Bonchev–Trinajstić information content (AvgIpc) is 2.64. The lowest BCUT2D eigenvalue weighted by Gasteiger charge is -2.36. The zero-order chi connectivity index (χ0) is 15.6. The van der Waals surface area contributed by atoms with Crippen molar-refractivity contribution in [3.8, 4) is 0 Å². The quantitative estimate of drug-likeness (QED) is 0.647. The maximum atomic E-state index is 13.2. The number of aromatic nitrogens is 2. The molecule has 114 valence electrons. The molecule has 5 nitrogen and oxygen atoms in total. The number of nitrogens with zero attached hydrogens (tertiary/aromatic N) is 2. The summed E-state index contributed by atoms with van der Waals surface area (Å²) in [6.07, 6.45) is 1.53. The molecule has 0 aromatic carbocycles. The van der Waals surface area contributed by atoms with E-state index in [2.05, 4.69) is 39.0 Å². The monoisotopic (exact) mass is 302 g/mol. The first kappa shape index (κ1) is 16.8. The van der Waals surface area contributed by atoms with Crippen LogP contribution in [0.15, 0.2) is 6.20 Å². The maximum Gasteiger partial charge on any atom is 0.357 e. The number of aromatic carboxylic acids is 1. The molecule has 1 rings (SSSR count). The zero-order valence-corrected chi connectivity index (χ0v) is 13.7. The van der Waals surface area contributed by atoms with Gasteiger partial charge in [0.05, 0.1) is 6.20 Å². The SMILES string of the molecule is CC(C)(C)[Si](C)(C)OCCCn1ncc(F)c1C(=O)O. The minimum Gasteiger partial charge on any atom is -0.476 e. The fraction of sp³-hybridized carbons (Fsp3) is 0.692. The van der Waals surface area contributed by atoms with Gasteiger partial charge in [0.25, 0.3) is 0 Å². The standard InChI is InChI=1S/C13H23FN2O3Si/c1-13(2,3)20(4,5)19-8-6-7-16-11(12(17)18)10(14)9-15-16/h9H,6-8H2,1-5H3,(H,17,18). The Bertz CT molecular complexity index is 480. The Morgan fingerprint density at radius 2 is 2.10 bits per heavy atom. The van der Waals surface area contributed by atoms with Crippen LogP contribution >= 0.6 is 0 Å². The molecule has 0 saturated carbocycles. The van der Waals surface area contributed by atoms with Crippen molar-refractivity contribution < 1.29 is 18.7 Å². The first-order valence-corrected chi connectivity index (χ1v) is 9.55. The summed E-state index contributed by atoms with van der Waals surface area (Å²) in [5.41, 5.74) is -0.391. The summed E-state index contributed by atoms with van der Waals surface area (Å²) >= 11 is 0. The summed E-state index contributed by atoms with van der Waals surface area (Å²) < 4.78 is 20.4. The lowest BCUT2D eigenvalue weighted by molar-refractivity contribution is 0.0677. The molecule has 1 aromatic rings. The molecule has 0 spiro atoms. The van der Waals surface area contributed by atoms with Gasteiger partial charge in [0.2, 0.25) is 0 Å². The summed E-state index contributed by atoms with van der Waals surface area (Å²) in [5, 5.41) is 12.8. The molecule has 1 N–H and O–H groups in total. The van der Waals surface area contributed by atoms with E-state index in [1.54, 1.807) is 0 Å². The van der Waals surface area contributed by atoms with Gasteiger partial charge in [0.15, 0.2) is 19.8 Å². The van der Waals surface area contributed by atoms with E-state index < -0.39 is 25.8 Å². The lowest BCUT2D eigenvalue weighted by Crippen LogP contribution is -2.41. The number of hydrogen-bond acceptors (Lipinski definition) is 3. The van der Waals surface area contributed by atoms with E-state index in [0.717, 1.165) is 6.20 Å². The number of hydrogen-bond donors (Lipinski definition) is 1. The van der Waals surface area contributed by atoms with Gasteiger partial charge in [-0.05, 0) is 24.6 Å². The van der Waals surface area contributed by atoms with Crippen molar-refractivity contribution >= 4 is 14.3 Å². The van der Waals surface area contributed by atoms with E-state index in [0.29, 0.717) is 19.6 Å². The summed E-state index contributed by atoms with van der Waals surface area (Å²) in [7, 11) is -1.79. The van der Waals surface area contributed by atoms with Gasteiger partial charge in [-0.2, -0.15) is 5.10 Å². The Morgan fingerprint density at radius 3 is 2.60 bits per heavy atom. The Morgan fingerprint density at radius 1 is 1.50 bits per heavy atom. The van der Waals surface area contributed by atoms with Crippen molar-refractivity contribution in [1.82, 2.24) is 9.78 Å². The van der Waals surface area contributed by atoms with E-state index in [9.17, 15) is 9.18 Å². The number of carboxylic acid groups (broad SMARTS) is 1. The summed E-state index contributed by atoms with van der Waals surface area (Å²) in [6.45, 7) is 11.6. The predicted molar refractivity (Wildman–Crippen MR) is 76.9 cm³/mol. The minimum atomic E-state index is -1.79. The van der Waals surface area contributed by atoms with Crippen LogP contribution < -0.4 is 0 Å². The molecule has 0 atom stereocenters. The molecule has 1 heterocycles. The van der Waals surface area contributed by atoms with Gasteiger partial charge in [-0.3, -0.25) is 4.68 Å². The second-order valence-corrected chi connectivity index (χ2v) is 11.1. The van der Waals surface area contributed by atoms with Crippen molar-refractivity contribution in [2.24, 2.45) is 0 Å². The Hall–Kier alpha value is -1.21. The molecule has 0 bridgehead atoms. The van der Waals surface area contributed by atoms with Crippen molar-refractivity contribution in [2.45, 2.75) is 51.9 Å². The topological polar surface area (TPSA) is 64.4 Å². The normalized spacial score (nSPS) is 12.7. The smallest absolute Gasteiger partial charge is 0.357 e. The molecule has 20 heavy (non-hydrogen) atoms. The predicted octanol–water partition coefficient (Wildman–Crippen LogP) is 3.13. The zero-order valence-electron chi connectivity index (χ0n) is 12.7. The summed E-state index contributed by atoms with van der Waals surface area (Å²) in [5.74, 6) is -2.10. The summed E-state index contributed by atoms with van der Waals surface area (Å²) in [6, 6.07) is 0. The molecule has 0 amide bonds. The molecule has 0 radical (unpaired) electrons. The molecule has 1 aromatic heterocycles. The fourth-order valence-electron chi connectivity index (χ4n) is 1.50. The van der Waals surface area contributed by atoms with Crippen molar-refractivity contribution in [1.29, 1.82) is 0 Å². The highest BCUT2D eigenvalue weighted by molar-refractivity contribution is 6.74. The van der Waals surface area contributed by atoms with Crippen LogP contribution in [0.1, 0.15) is 37.7 Å². The first-order valence-electron chi connectivity index (χ1n) is 6.65. The van der Waals surface area contributed by atoms with Crippen LogP contribution in [0.5, 0.6) is 0 Å². The third-order valence-corrected chi connectivity index (χ3v) is 8.32. The Labute approximate surface area is 119 Å². The molecule has 0 unspecified atom stereocenters. The number of aryl methyl sites for hydroxylation is 1. The maximum absolute atomic E-state index is 13.2. The molecular formula is C13H23FN2O3Si. The van der Waals surface area contributed by atoms with Gasteiger partial charge in [-0.15, -0.1) is 0 Å². The molecule has 7 heteroatoms. The average molecular weight is 302 g/mol. The lowest BCUT2D eigenvalue weighted by atomic mass is 10.2. The van der Waals surface area contributed by atoms with Gasteiger partial charge in [-0.1, -0.05) is 20.8 Å². The van der Waals surface area contributed by atoms with E-state index in [1.807, 2.05) is 0 Å². The number of carboxylic acids is 1. The van der Waals surface area contributed by atoms with E-state index in [1.165, 1.54) is 4.68 Å². The largest absolute Gasteiger partial charge is 0.476 e. The van der Waals surface area contributed by atoms with E-state index >= 15 is 0 Å². The van der Waals surface area contributed by atoms with E-state index in [-0.39, 0.29) is 5.04 Å². The fourth-order valence-corrected chi connectivity index (χ4v) is 2.59. The van der Waals surface area contributed by atoms with E-state index in [4.69, 9.17) is 9.53 Å². The van der Waals surface area contributed by atoms with Gasteiger partial charge in [-0.25, -0.2) is 9.18 Å². The highest BCUT2D eigenvalue weighted by Crippen LogP contribution is 2.36. The van der Waals surface area contributed by atoms with Gasteiger partial charge in [0, 0.05) is 13.2 Å². The molecule has 0 aliphatic rings. The first-order chi connectivity index (χ1) is 9.06. The van der Waals surface area contributed by atoms with Crippen molar-refractivity contribution in [3.63, 3.8) is 0 Å². The Balaban J connectivity index is 2.53. The molecule has 0 fully saturated rings. The number of halogens is 1. The van der Waals surface area contributed by atoms with Crippen LogP contribution in [-0.4, -0.2) is 35.8 Å². The van der Waals surface area contributed by atoms with Crippen molar-refractivity contribution in [3.05, 3.63) is 17.7 Å². The minimum absolute atomic E-state index is 0.136. The highest BCUT2D eigenvalue weighted by Gasteiger charge is 2.36. The molecule has 0 aliphatic carbocycles. The molecule has 0 aliphatic heterocycles. The second kappa shape index (κ2) is 6.05. The molecule has 0 saturated heterocycles. The number of carbonyl (C=O) groups is 1. The van der Waals surface area contributed by atoms with Crippen LogP contribution in [0.25, 0.3) is 0 Å². The summed E-state index contributed by atoms with van der Waals surface area (Å²) in [4.78, 5) is 10.9.